The number of rotatable bonds is 1. The molecule has 1 aromatic carbocycles. The Morgan fingerprint density at radius 1 is 1.15 bits per heavy atom. The van der Waals surface area contributed by atoms with Gasteiger partial charge in [-0.15, -0.1) is 0 Å². The summed E-state index contributed by atoms with van der Waals surface area (Å²) in [5.41, 5.74) is -1.18. The highest BCUT2D eigenvalue weighted by molar-refractivity contribution is 6.05. The van der Waals surface area contributed by atoms with E-state index in [2.05, 4.69) is 0 Å². The van der Waals surface area contributed by atoms with Crippen LogP contribution in [0.3, 0.4) is 0 Å². The minimum absolute atomic E-state index is 0.220. The quantitative estimate of drug-likeness (QED) is 0.777. The van der Waals surface area contributed by atoms with Gasteiger partial charge < -0.3 is 4.90 Å². The first-order valence-electron chi connectivity index (χ1n) is 5.56. The second-order valence-corrected chi connectivity index (χ2v) is 4.21. The zero-order chi connectivity index (χ0) is 14.9. The van der Waals surface area contributed by atoms with Crippen LogP contribution in [0.15, 0.2) is 24.3 Å². The molecule has 1 aromatic rings. The molecule has 0 radical (unpaired) electrons. The average Bonchev–Trinajstić information content (AvgIpc) is 2.36. The summed E-state index contributed by atoms with van der Waals surface area (Å²) in [4.78, 5) is 35.2. The van der Waals surface area contributed by atoms with Crippen molar-refractivity contribution in [3.63, 3.8) is 0 Å². The lowest BCUT2D eigenvalue weighted by Crippen LogP contribution is -2.53. The van der Waals surface area contributed by atoms with Crippen molar-refractivity contribution in [3.05, 3.63) is 35.4 Å². The van der Waals surface area contributed by atoms with Crippen LogP contribution in [0.1, 0.15) is 15.9 Å². The number of nitrogens with one attached hydrogen (secondary N) is 1. The van der Waals surface area contributed by atoms with Crippen molar-refractivity contribution < 1.29 is 27.6 Å². The van der Waals surface area contributed by atoms with Gasteiger partial charge in [0.15, 0.2) is 0 Å². The third kappa shape index (κ3) is 2.95. The minimum Gasteiger partial charge on any atom is -0.320 e. The predicted octanol–water partition coefficient (Wildman–Crippen LogP) is 0.804. The number of carbonyl (C=O) groups is 3. The van der Waals surface area contributed by atoms with E-state index in [0.717, 1.165) is 17.0 Å². The van der Waals surface area contributed by atoms with Crippen molar-refractivity contribution in [1.82, 2.24) is 10.2 Å². The fraction of sp³-hybridized carbons (Fsp3) is 0.250. The van der Waals surface area contributed by atoms with Crippen molar-refractivity contribution in [3.8, 4) is 0 Å². The molecule has 1 N–H and O–H groups in total. The van der Waals surface area contributed by atoms with Gasteiger partial charge in [0, 0.05) is 5.56 Å². The molecule has 20 heavy (non-hydrogen) atoms. The molecule has 1 aliphatic heterocycles. The molecule has 106 valence electrons. The van der Waals surface area contributed by atoms with Gasteiger partial charge >= 0.3 is 6.18 Å². The van der Waals surface area contributed by atoms with Gasteiger partial charge in [-0.25, -0.2) is 0 Å². The van der Waals surface area contributed by atoms with E-state index in [9.17, 15) is 27.6 Å². The lowest BCUT2D eigenvalue weighted by Gasteiger charge is -2.25. The molecule has 8 heteroatoms. The monoisotopic (exact) mass is 286 g/mol. The van der Waals surface area contributed by atoms with Crippen LogP contribution in [-0.2, 0) is 15.8 Å². The molecule has 2 rings (SSSR count). The Balaban J connectivity index is 2.25. The van der Waals surface area contributed by atoms with E-state index in [-0.39, 0.29) is 18.7 Å². The minimum atomic E-state index is -4.56. The average molecular weight is 286 g/mol. The highest BCUT2D eigenvalue weighted by Crippen LogP contribution is 2.29. The number of hydrogen-bond acceptors (Lipinski definition) is 3. The number of hydrogen-bond donors (Lipinski definition) is 1. The van der Waals surface area contributed by atoms with E-state index in [1.807, 2.05) is 5.32 Å². The molecule has 0 unspecified atom stereocenters. The molecule has 1 fully saturated rings. The first-order chi connectivity index (χ1) is 9.27. The first kappa shape index (κ1) is 14.0. The predicted molar refractivity (Wildman–Crippen MR) is 60.5 cm³/mol. The third-order valence-corrected chi connectivity index (χ3v) is 2.67. The van der Waals surface area contributed by atoms with Gasteiger partial charge in [0.2, 0.25) is 11.8 Å². The number of benzene rings is 1. The van der Waals surface area contributed by atoms with Crippen LogP contribution in [-0.4, -0.2) is 35.7 Å². The summed E-state index contributed by atoms with van der Waals surface area (Å²) in [5, 5.41) is 2.00. The Morgan fingerprint density at radius 2 is 1.75 bits per heavy atom. The summed E-state index contributed by atoms with van der Waals surface area (Å²) < 4.78 is 37.7. The van der Waals surface area contributed by atoms with Crippen LogP contribution < -0.4 is 5.32 Å². The zero-order valence-electron chi connectivity index (χ0n) is 10.0. The third-order valence-electron chi connectivity index (χ3n) is 2.67. The van der Waals surface area contributed by atoms with Crippen LogP contribution in [0.5, 0.6) is 0 Å². The second kappa shape index (κ2) is 4.95. The maximum Gasteiger partial charge on any atom is 0.416 e. The summed E-state index contributed by atoms with van der Waals surface area (Å²) in [5.74, 6) is -2.12. The molecule has 0 saturated carbocycles. The van der Waals surface area contributed by atoms with Crippen LogP contribution in [0.2, 0.25) is 0 Å². The molecule has 0 aliphatic carbocycles. The molecule has 1 heterocycles. The molecule has 0 aromatic heterocycles. The fourth-order valence-corrected chi connectivity index (χ4v) is 1.79. The molecule has 1 saturated heterocycles. The summed E-state index contributed by atoms with van der Waals surface area (Å²) in [6.45, 7) is -0.721. The SMILES string of the molecule is O=C1CN(C(=O)c2cccc(C(F)(F)F)c2)CC(=O)N1. The summed E-state index contributed by atoms with van der Waals surface area (Å²) >= 11 is 0. The lowest BCUT2D eigenvalue weighted by molar-refractivity contribution is -0.138. The zero-order valence-corrected chi connectivity index (χ0v) is 10.0. The van der Waals surface area contributed by atoms with Crippen LogP contribution in [0.25, 0.3) is 0 Å². The van der Waals surface area contributed by atoms with Crippen molar-refractivity contribution in [1.29, 1.82) is 0 Å². The Morgan fingerprint density at radius 3 is 2.30 bits per heavy atom. The lowest BCUT2D eigenvalue weighted by atomic mass is 10.1. The summed E-state index contributed by atoms with van der Waals surface area (Å²) in [6.07, 6.45) is -4.56. The van der Waals surface area contributed by atoms with Crippen molar-refractivity contribution in [2.75, 3.05) is 13.1 Å². The maximum absolute atomic E-state index is 12.6. The number of halogens is 3. The Labute approximate surface area is 111 Å². The van der Waals surface area contributed by atoms with E-state index < -0.39 is 29.5 Å². The highest BCUT2D eigenvalue weighted by Gasteiger charge is 2.32. The van der Waals surface area contributed by atoms with Crippen molar-refractivity contribution >= 4 is 17.7 Å². The molecule has 1 aliphatic rings. The molecule has 0 spiro atoms. The largest absolute Gasteiger partial charge is 0.416 e. The first-order valence-corrected chi connectivity index (χ1v) is 5.56. The standard InChI is InChI=1S/C12H9F3N2O3/c13-12(14,15)8-3-1-2-7(4-8)11(20)17-5-9(18)16-10(19)6-17/h1-4H,5-6H2,(H,16,18,19). The topological polar surface area (TPSA) is 66.5 Å². The Hall–Kier alpha value is -2.38. The molecule has 5 nitrogen and oxygen atoms in total. The van der Waals surface area contributed by atoms with Crippen LogP contribution in [0, 0.1) is 0 Å². The van der Waals surface area contributed by atoms with Gasteiger partial charge in [0.1, 0.15) is 13.1 Å². The normalized spacial score (nSPS) is 16.1. The molecule has 0 atom stereocenters. The van der Waals surface area contributed by atoms with Crippen molar-refractivity contribution in [2.45, 2.75) is 6.18 Å². The number of nitrogens with zero attached hydrogens (tertiary/aromatic N) is 1. The number of amides is 3. The van der Waals surface area contributed by atoms with Gasteiger partial charge in [-0.1, -0.05) is 6.07 Å². The number of piperazine rings is 1. The Kier molecular flexibility index (Phi) is 3.47. The van der Waals surface area contributed by atoms with Gasteiger partial charge in [0.25, 0.3) is 5.91 Å². The highest BCUT2D eigenvalue weighted by atomic mass is 19.4. The van der Waals surface area contributed by atoms with Gasteiger partial charge in [-0.05, 0) is 18.2 Å². The number of alkyl halides is 3. The van der Waals surface area contributed by atoms with Gasteiger partial charge in [0.05, 0.1) is 5.56 Å². The molecular weight excluding hydrogens is 277 g/mol. The van der Waals surface area contributed by atoms with E-state index in [0.29, 0.717) is 6.07 Å². The second-order valence-electron chi connectivity index (χ2n) is 4.21. The van der Waals surface area contributed by atoms with E-state index in [4.69, 9.17) is 0 Å². The van der Waals surface area contributed by atoms with E-state index in [1.54, 1.807) is 0 Å². The number of imide groups is 1. The fourth-order valence-electron chi connectivity index (χ4n) is 1.79. The summed E-state index contributed by atoms with van der Waals surface area (Å²) in [7, 11) is 0. The van der Waals surface area contributed by atoms with Crippen LogP contribution in [0.4, 0.5) is 13.2 Å². The molecule has 3 amide bonds. The van der Waals surface area contributed by atoms with Crippen LogP contribution >= 0.6 is 0 Å². The molecular formula is C12H9F3N2O3. The Bertz CT molecular complexity index is 568. The number of carbonyl (C=O) groups excluding carboxylic acids is 3. The van der Waals surface area contributed by atoms with Gasteiger partial charge in [-0.3, -0.25) is 19.7 Å². The van der Waals surface area contributed by atoms with Gasteiger partial charge in [-0.2, -0.15) is 13.2 Å². The van der Waals surface area contributed by atoms with E-state index in [1.165, 1.54) is 6.07 Å². The maximum atomic E-state index is 12.6. The summed E-state index contributed by atoms with van der Waals surface area (Å²) in [6, 6.07) is 3.83. The smallest absolute Gasteiger partial charge is 0.320 e. The molecule has 0 bridgehead atoms. The van der Waals surface area contributed by atoms with Crippen molar-refractivity contribution in [2.24, 2.45) is 0 Å². The van der Waals surface area contributed by atoms with E-state index >= 15 is 0 Å².